The molecule has 3 nitrogen and oxygen atoms in total. The Hall–Kier alpha value is -1.61. The predicted molar refractivity (Wildman–Crippen MR) is 70.9 cm³/mol. The monoisotopic (exact) mass is 229 g/mol. The highest BCUT2D eigenvalue weighted by molar-refractivity contribution is 5.62. The van der Waals surface area contributed by atoms with E-state index in [1.807, 2.05) is 14.0 Å². The zero-order valence-corrected chi connectivity index (χ0v) is 10.7. The van der Waals surface area contributed by atoms with E-state index in [0.717, 1.165) is 30.2 Å². The second-order valence-electron chi connectivity index (χ2n) is 4.23. The van der Waals surface area contributed by atoms with Crippen LogP contribution >= 0.6 is 0 Å². The van der Waals surface area contributed by atoms with Crippen molar-refractivity contribution in [3.05, 3.63) is 41.3 Å². The van der Waals surface area contributed by atoms with Gasteiger partial charge in [0.25, 0.3) is 0 Å². The number of nitrogens with one attached hydrogen (secondary N) is 2. The van der Waals surface area contributed by atoms with Gasteiger partial charge in [-0.3, -0.25) is 0 Å². The van der Waals surface area contributed by atoms with Crippen LogP contribution in [0.2, 0.25) is 0 Å². The smallest absolute Gasteiger partial charge is 0.103 e. The molecule has 0 fully saturated rings. The zero-order valence-electron chi connectivity index (χ0n) is 10.7. The molecular formula is C14H19N3. The summed E-state index contributed by atoms with van der Waals surface area (Å²) in [5, 5.41) is 3.16. The first-order valence-electron chi connectivity index (χ1n) is 6.04. The minimum absolute atomic E-state index is 0.811. The first-order chi connectivity index (χ1) is 8.24. The number of hydrogen-bond acceptors (Lipinski definition) is 2. The molecule has 90 valence electrons. The molecular weight excluding hydrogens is 210 g/mol. The molecule has 0 saturated heterocycles. The minimum atomic E-state index is 0.811. The first-order valence-corrected chi connectivity index (χ1v) is 6.04. The van der Waals surface area contributed by atoms with Crippen molar-refractivity contribution in [2.24, 2.45) is 0 Å². The quantitative estimate of drug-likeness (QED) is 0.846. The van der Waals surface area contributed by atoms with Gasteiger partial charge in [-0.25, -0.2) is 4.98 Å². The molecule has 1 aromatic heterocycles. The number of benzene rings is 1. The molecule has 1 aromatic carbocycles. The Morgan fingerprint density at radius 1 is 1.24 bits per heavy atom. The van der Waals surface area contributed by atoms with E-state index in [9.17, 15) is 0 Å². The van der Waals surface area contributed by atoms with E-state index in [2.05, 4.69) is 46.5 Å². The second-order valence-corrected chi connectivity index (χ2v) is 4.23. The van der Waals surface area contributed by atoms with Gasteiger partial charge in [-0.2, -0.15) is 0 Å². The van der Waals surface area contributed by atoms with Crippen LogP contribution in [0.25, 0.3) is 11.3 Å². The average molecular weight is 229 g/mol. The number of aromatic nitrogens is 2. The molecule has 0 saturated carbocycles. The lowest BCUT2D eigenvalue weighted by Crippen LogP contribution is -2.06. The summed E-state index contributed by atoms with van der Waals surface area (Å²) >= 11 is 0. The molecule has 0 unspecified atom stereocenters. The first kappa shape index (κ1) is 11.9. The molecule has 2 N–H and O–H groups in total. The van der Waals surface area contributed by atoms with Gasteiger partial charge in [-0.05, 0) is 26.0 Å². The van der Waals surface area contributed by atoms with Crippen LogP contribution in [0.4, 0.5) is 0 Å². The van der Waals surface area contributed by atoms with Gasteiger partial charge in [0.1, 0.15) is 5.82 Å². The van der Waals surface area contributed by atoms with Crippen molar-refractivity contribution in [2.45, 2.75) is 26.8 Å². The number of hydrogen-bond donors (Lipinski definition) is 2. The lowest BCUT2D eigenvalue weighted by molar-refractivity contribution is 0.796. The summed E-state index contributed by atoms with van der Waals surface area (Å²) in [5.41, 5.74) is 4.74. The average Bonchev–Trinajstić information content (AvgIpc) is 2.71. The third-order valence-corrected chi connectivity index (χ3v) is 2.89. The van der Waals surface area contributed by atoms with Crippen molar-refractivity contribution in [2.75, 3.05) is 7.05 Å². The van der Waals surface area contributed by atoms with Gasteiger partial charge in [-0.15, -0.1) is 0 Å². The van der Waals surface area contributed by atoms with E-state index >= 15 is 0 Å². The molecule has 2 aromatic rings. The van der Waals surface area contributed by atoms with Crippen LogP contribution < -0.4 is 5.32 Å². The van der Waals surface area contributed by atoms with Crippen molar-refractivity contribution in [3.8, 4) is 11.3 Å². The summed E-state index contributed by atoms with van der Waals surface area (Å²) < 4.78 is 0. The Kier molecular flexibility index (Phi) is 3.59. The Balaban J connectivity index is 2.37. The Morgan fingerprint density at radius 2 is 1.94 bits per heavy atom. The molecule has 0 amide bonds. The van der Waals surface area contributed by atoms with Gasteiger partial charge in [0.15, 0.2) is 0 Å². The fourth-order valence-corrected chi connectivity index (χ4v) is 1.98. The van der Waals surface area contributed by atoms with Crippen molar-refractivity contribution in [3.63, 3.8) is 0 Å². The van der Waals surface area contributed by atoms with Gasteiger partial charge in [-0.1, -0.05) is 31.2 Å². The normalized spacial score (nSPS) is 10.8. The van der Waals surface area contributed by atoms with E-state index in [-0.39, 0.29) is 0 Å². The number of aromatic amines is 1. The molecule has 0 bridgehead atoms. The van der Waals surface area contributed by atoms with E-state index in [1.54, 1.807) is 0 Å². The Bertz CT molecular complexity index is 483. The molecule has 0 spiro atoms. The molecule has 1 heterocycles. The third kappa shape index (κ3) is 2.56. The zero-order chi connectivity index (χ0) is 12.3. The molecule has 3 heteroatoms. The molecule has 0 aliphatic carbocycles. The van der Waals surface area contributed by atoms with Crippen molar-refractivity contribution in [1.82, 2.24) is 15.3 Å². The number of rotatable bonds is 4. The van der Waals surface area contributed by atoms with Crippen LogP contribution in [0.3, 0.4) is 0 Å². The van der Waals surface area contributed by atoms with E-state index in [4.69, 9.17) is 0 Å². The lowest BCUT2D eigenvalue weighted by atomic mass is 10.1. The second kappa shape index (κ2) is 5.15. The molecule has 0 aliphatic rings. The van der Waals surface area contributed by atoms with Gasteiger partial charge in [0, 0.05) is 12.1 Å². The summed E-state index contributed by atoms with van der Waals surface area (Å²) in [5.74, 6) is 0.963. The maximum Gasteiger partial charge on any atom is 0.103 e. The Morgan fingerprint density at radius 3 is 2.53 bits per heavy atom. The highest BCUT2D eigenvalue weighted by atomic mass is 15.0. The summed E-state index contributed by atoms with van der Waals surface area (Å²) in [6.07, 6.45) is 1.07. The highest BCUT2D eigenvalue weighted by Gasteiger charge is 2.09. The standard InChI is InChI=1S/C14H19N3/c1-4-11-5-7-12(8-6-11)14-13(9-15-3)16-10(2)17-14/h5-8,15H,4,9H2,1-3H3,(H,16,17). The summed E-state index contributed by atoms with van der Waals surface area (Å²) in [4.78, 5) is 7.86. The third-order valence-electron chi connectivity index (χ3n) is 2.89. The number of imidazole rings is 1. The fraction of sp³-hybridized carbons (Fsp3) is 0.357. The Labute approximate surface area is 102 Å². The van der Waals surface area contributed by atoms with Crippen LogP contribution in [0, 0.1) is 6.92 Å². The molecule has 0 atom stereocenters. The van der Waals surface area contributed by atoms with Crippen LogP contribution in [-0.2, 0) is 13.0 Å². The van der Waals surface area contributed by atoms with Crippen LogP contribution in [0.15, 0.2) is 24.3 Å². The molecule has 2 rings (SSSR count). The van der Waals surface area contributed by atoms with Crippen LogP contribution in [0.5, 0.6) is 0 Å². The van der Waals surface area contributed by atoms with E-state index in [1.165, 1.54) is 11.1 Å². The number of aryl methyl sites for hydroxylation is 2. The van der Waals surface area contributed by atoms with Crippen molar-refractivity contribution < 1.29 is 0 Å². The van der Waals surface area contributed by atoms with Gasteiger partial charge in [0.2, 0.25) is 0 Å². The number of H-pyrrole nitrogens is 1. The minimum Gasteiger partial charge on any atom is -0.345 e. The summed E-state index contributed by atoms with van der Waals surface area (Å²) in [7, 11) is 1.94. The molecule has 0 aliphatic heterocycles. The van der Waals surface area contributed by atoms with E-state index < -0.39 is 0 Å². The number of nitrogens with zero attached hydrogens (tertiary/aromatic N) is 1. The van der Waals surface area contributed by atoms with E-state index in [0.29, 0.717) is 0 Å². The maximum atomic E-state index is 4.56. The van der Waals surface area contributed by atoms with Gasteiger partial charge in [0.05, 0.1) is 11.4 Å². The SMILES string of the molecule is CCc1ccc(-c2nc(C)[nH]c2CNC)cc1. The predicted octanol–water partition coefficient (Wildman–Crippen LogP) is 2.67. The highest BCUT2D eigenvalue weighted by Crippen LogP contribution is 2.22. The van der Waals surface area contributed by atoms with Gasteiger partial charge >= 0.3 is 0 Å². The van der Waals surface area contributed by atoms with Crippen LogP contribution in [0.1, 0.15) is 24.0 Å². The van der Waals surface area contributed by atoms with Crippen molar-refractivity contribution >= 4 is 0 Å². The van der Waals surface area contributed by atoms with Crippen LogP contribution in [-0.4, -0.2) is 17.0 Å². The summed E-state index contributed by atoms with van der Waals surface area (Å²) in [6.45, 7) is 4.97. The molecule has 0 radical (unpaired) electrons. The topological polar surface area (TPSA) is 40.7 Å². The lowest BCUT2D eigenvalue weighted by Gasteiger charge is -2.03. The molecule has 17 heavy (non-hydrogen) atoms. The fourth-order valence-electron chi connectivity index (χ4n) is 1.98. The van der Waals surface area contributed by atoms with Crippen molar-refractivity contribution in [1.29, 1.82) is 0 Å². The summed E-state index contributed by atoms with van der Waals surface area (Å²) in [6, 6.07) is 8.63. The maximum absolute atomic E-state index is 4.56. The van der Waals surface area contributed by atoms with Gasteiger partial charge < -0.3 is 10.3 Å². The largest absolute Gasteiger partial charge is 0.345 e.